The van der Waals surface area contributed by atoms with E-state index in [0.717, 1.165) is 19.5 Å². The highest BCUT2D eigenvalue weighted by Crippen LogP contribution is 2.31. The van der Waals surface area contributed by atoms with Gasteiger partial charge in [-0.2, -0.15) is 0 Å². The minimum Gasteiger partial charge on any atom is -0.327 e. The first-order chi connectivity index (χ1) is 7.59. The minimum atomic E-state index is 0.396. The molecular formula is C13H22N2S. The van der Waals surface area contributed by atoms with Gasteiger partial charge in [-0.25, -0.2) is 0 Å². The van der Waals surface area contributed by atoms with Crippen molar-refractivity contribution < 1.29 is 0 Å². The minimum absolute atomic E-state index is 0.396. The van der Waals surface area contributed by atoms with Gasteiger partial charge in [0, 0.05) is 30.1 Å². The Morgan fingerprint density at radius 1 is 1.56 bits per heavy atom. The molecule has 0 amide bonds. The molecule has 1 aromatic rings. The van der Waals surface area contributed by atoms with Crippen molar-refractivity contribution in [2.45, 2.75) is 39.3 Å². The molecule has 0 aliphatic carbocycles. The lowest BCUT2D eigenvalue weighted by Crippen LogP contribution is -2.46. The SMILES string of the molecule is Cc1ccsc1C(C)N1CCC(N)C(C)C1. The van der Waals surface area contributed by atoms with E-state index in [4.69, 9.17) is 5.73 Å². The summed E-state index contributed by atoms with van der Waals surface area (Å²) < 4.78 is 0. The third-order valence-electron chi connectivity index (χ3n) is 3.83. The molecule has 0 saturated carbocycles. The number of piperidine rings is 1. The maximum Gasteiger partial charge on any atom is 0.0416 e. The van der Waals surface area contributed by atoms with Crippen LogP contribution in [0.2, 0.25) is 0 Å². The zero-order chi connectivity index (χ0) is 11.7. The van der Waals surface area contributed by atoms with Gasteiger partial charge in [-0.1, -0.05) is 6.92 Å². The van der Waals surface area contributed by atoms with Crippen LogP contribution in [0.25, 0.3) is 0 Å². The molecule has 3 heteroatoms. The van der Waals surface area contributed by atoms with Crippen molar-refractivity contribution in [1.82, 2.24) is 4.90 Å². The van der Waals surface area contributed by atoms with Crippen LogP contribution in [0.5, 0.6) is 0 Å². The molecule has 1 aromatic heterocycles. The Labute approximate surface area is 102 Å². The fraction of sp³-hybridized carbons (Fsp3) is 0.692. The van der Waals surface area contributed by atoms with Gasteiger partial charge in [0.15, 0.2) is 0 Å². The molecule has 90 valence electrons. The van der Waals surface area contributed by atoms with Crippen molar-refractivity contribution in [3.8, 4) is 0 Å². The van der Waals surface area contributed by atoms with Crippen LogP contribution in [0, 0.1) is 12.8 Å². The van der Waals surface area contributed by atoms with E-state index in [2.05, 4.69) is 37.1 Å². The molecule has 0 radical (unpaired) electrons. The molecular weight excluding hydrogens is 216 g/mol. The highest BCUT2D eigenvalue weighted by molar-refractivity contribution is 7.10. The van der Waals surface area contributed by atoms with Crippen molar-refractivity contribution in [3.63, 3.8) is 0 Å². The Morgan fingerprint density at radius 2 is 2.31 bits per heavy atom. The first kappa shape index (κ1) is 12.1. The van der Waals surface area contributed by atoms with E-state index in [9.17, 15) is 0 Å². The smallest absolute Gasteiger partial charge is 0.0416 e. The second-order valence-corrected chi connectivity index (χ2v) is 6.02. The first-order valence-electron chi connectivity index (χ1n) is 6.13. The van der Waals surface area contributed by atoms with Crippen molar-refractivity contribution in [1.29, 1.82) is 0 Å². The molecule has 1 fully saturated rings. The third-order valence-corrected chi connectivity index (χ3v) is 5.02. The number of likely N-dealkylation sites (tertiary alicyclic amines) is 1. The zero-order valence-electron chi connectivity index (χ0n) is 10.4. The number of aryl methyl sites for hydroxylation is 1. The monoisotopic (exact) mass is 238 g/mol. The van der Waals surface area contributed by atoms with Gasteiger partial charge in [-0.05, 0) is 43.2 Å². The van der Waals surface area contributed by atoms with E-state index >= 15 is 0 Å². The van der Waals surface area contributed by atoms with Crippen LogP contribution < -0.4 is 5.73 Å². The molecule has 1 aliphatic heterocycles. The summed E-state index contributed by atoms with van der Waals surface area (Å²) in [4.78, 5) is 4.09. The molecule has 0 spiro atoms. The van der Waals surface area contributed by atoms with Gasteiger partial charge in [0.2, 0.25) is 0 Å². The van der Waals surface area contributed by atoms with Gasteiger partial charge in [0.1, 0.15) is 0 Å². The first-order valence-corrected chi connectivity index (χ1v) is 7.01. The standard InChI is InChI=1S/C13H22N2S/c1-9-5-7-16-13(9)11(3)15-6-4-12(14)10(2)8-15/h5,7,10-12H,4,6,8,14H2,1-3H3. The number of rotatable bonds is 2. The molecule has 3 unspecified atom stereocenters. The molecule has 2 heterocycles. The van der Waals surface area contributed by atoms with Crippen LogP contribution in [-0.2, 0) is 0 Å². The summed E-state index contributed by atoms with van der Waals surface area (Å²) in [6.45, 7) is 9.08. The Hall–Kier alpha value is -0.380. The predicted octanol–water partition coefficient (Wildman–Crippen LogP) is 2.79. The Morgan fingerprint density at radius 3 is 2.88 bits per heavy atom. The summed E-state index contributed by atoms with van der Waals surface area (Å²) in [6, 6.07) is 3.16. The van der Waals surface area contributed by atoms with E-state index in [1.165, 1.54) is 10.4 Å². The van der Waals surface area contributed by atoms with E-state index in [1.807, 2.05) is 11.3 Å². The molecule has 2 rings (SSSR count). The fourth-order valence-electron chi connectivity index (χ4n) is 2.53. The molecule has 16 heavy (non-hydrogen) atoms. The number of hydrogen-bond donors (Lipinski definition) is 1. The lowest BCUT2D eigenvalue weighted by atomic mass is 9.93. The van der Waals surface area contributed by atoms with Gasteiger partial charge in [-0.15, -0.1) is 11.3 Å². The number of nitrogens with two attached hydrogens (primary N) is 1. The number of hydrogen-bond acceptors (Lipinski definition) is 3. The van der Waals surface area contributed by atoms with Crippen LogP contribution in [-0.4, -0.2) is 24.0 Å². The van der Waals surface area contributed by atoms with Gasteiger partial charge in [0.05, 0.1) is 0 Å². The third kappa shape index (κ3) is 2.31. The Bertz CT molecular complexity index is 347. The highest BCUT2D eigenvalue weighted by atomic mass is 32.1. The van der Waals surface area contributed by atoms with Crippen LogP contribution in [0.3, 0.4) is 0 Å². The largest absolute Gasteiger partial charge is 0.327 e. The van der Waals surface area contributed by atoms with Crippen LogP contribution in [0.15, 0.2) is 11.4 Å². The summed E-state index contributed by atoms with van der Waals surface area (Å²) in [5.41, 5.74) is 7.50. The van der Waals surface area contributed by atoms with Crippen LogP contribution in [0.1, 0.15) is 36.8 Å². The maximum absolute atomic E-state index is 6.07. The van der Waals surface area contributed by atoms with Crippen LogP contribution >= 0.6 is 11.3 Å². The van der Waals surface area contributed by atoms with Crippen molar-refractivity contribution in [2.24, 2.45) is 11.7 Å². The van der Waals surface area contributed by atoms with Gasteiger partial charge in [0.25, 0.3) is 0 Å². The highest BCUT2D eigenvalue weighted by Gasteiger charge is 2.27. The van der Waals surface area contributed by atoms with E-state index in [1.54, 1.807) is 0 Å². The normalized spacial score (nSPS) is 29.2. The maximum atomic E-state index is 6.07. The Balaban J connectivity index is 2.06. The number of nitrogens with zero attached hydrogens (tertiary/aromatic N) is 1. The summed E-state index contributed by atoms with van der Waals surface area (Å²) in [5.74, 6) is 0.622. The van der Waals surface area contributed by atoms with Gasteiger partial charge >= 0.3 is 0 Å². The molecule has 0 aromatic carbocycles. The van der Waals surface area contributed by atoms with Gasteiger partial charge < -0.3 is 5.73 Å². The van der Waals surface area contributed by atoms with E-state index < -0.39 is 0 Å². The Kier molecular flexibility index (Phi) is 3.67. The summed E-state index contributed by atoms with van der Waals surface area (Å²) >= 11 is 1.88. The molecule has 1 aliphatic rings. The number of thiophene rings is 1. The average molecular weight is 238 g/mol. The van der Waals surface area contributed by atoms with Crippen molar-refractivity contribution in [3.05, 3.63) is 21.9 Å². The lowest BCUT2D eigenvalue weighted by molar-refractivity contribution is 0.125. The summed E-state index contributed by atoms with van der Waals surface area (Å²) in [6.07, 6.45) is 1.13. The summed E-state index contributed by atoms with van der Waals surface area (Å²) in [7, 11) is 0. The fourth-order valence-corrected chi connectivity index (χ4v) is 3.54. The average Bonchev–Trinajstić information content (AvgIpc) is 2.67. The topological polar surface area (TPSA) is 29.3 Å². The molecule has 3 atom stereocenters. The zero-order valence-corrected chi connectivity index (χ0v) is 11.3. The van der Waals surface area contributed by atoms with Crippen molar-refractivity contribution >= 4 is 11.3 Å². The summed E-state index contributed by atoms with van der Waals surface area (Å²) in [5, 5.41) is 2.19. The predicted molar refractivity (Wildman–Crippen MR) is 70.8 cm³/mol. The molecule has 1 saturated heterocycles. The molecule has 2 nitrogen and oxygen atoms in total. The van der Waals surface area contributed by atoms with E-state index in [-0.39, 0.29) is 0 Å². The van der Waals surface area contributed by atoms with E-state index in [0.29, 0.717) is 18.0 Å². The molecule has 2 N–H and O–H groups in total. The lowest BCUT2D eigenvalue weighted by Gasteiger charge is -2.38. The second-order valence-electron chi connectivity index (χ2n) is 5.07. The van der Waals surface area contributed by atoms with Crippen molar-refractivity contribution in [2.75, 3.05) is 13.1 Å². The quantitative estimate of drug-likeness (QED) is 0.858. The molecule has 0 bridgehead atoms. The van der Waals surface area contributed by atoms with Gasteiger partial charge in [-0.3, -0.25) is 4.90 Å². The van der Waals surface area contributed by atoms with Crippen LogP contribution in [0.4, 0.5) is 0 Å². The second kappa shape index (κ2) is 4.86.